The van der Waals surface area contributed by atoms with Crippen molar-refractivity contribution in [2.24, 2.45) is 0 Å². The van der Waals surface area contributed by atoms with Crippen molar-refractivity contribution in [3.8, 4) is 5.75 Å². The maximum Gasteiger partial charge on any atom is 0.163 e. The minimum Gasteiger partial charge on any atom is -0.496 e. The Morgan fingerprint density at radius 1 is 1.58 bits per heavy atom. The van der Waals surface area contributed by atoms with Gasteiger partial charge in [-0.25, -0.2) is 0 Å². The Hall–Kier alpha value is -1.31. The summed E-state index contributed by atoms with van der Waals surface area (Å²) in [6.07, 6.45) is 0. The first kappa shape index (κ1) is 5.36. The number of hydrogen-bond donors (Lipinski definition) is 0. The molecule has 2 heteroatoms. The van der Waals surface area contributed by atoms with Crippen molar-refractivity contribution in [2.75, 3.05) is 7.04 Å². The lowest BCUT2D eigenvalue weighted by Gasteiger charge is -2.05. The van der Waals surface area contributed by atoms with E-state index < -0.39 is 7.04 Å². The van der Waals surface area contributed by atoms with Crippen molar-refractivity contribution in [2.45, 2.75) is 13.8 Å². The highest BCUT2D eigenvalue weighted by Crippen LogP contribution is 2.19. The SMILES string of the molecule is [2H]C([2H])([2H])Oc1ccc(C)cc1C(C)=O. The van der Waals surface area contributed by atoms with Crippen molar-refractivity contribution in [1.82, 2.24) is 0 Å². The van der Waals surface area contributed by atoms with Crippen LogP contribution in [0.15, 0.2) is 18.2 Å². The van der Waals surface area contributed by atoms with Crippen LogP contribution < -0.4 is 4.74 Å². The molecule has 1 aromatic rings. The number of hydrogen-bond acceptors (Lipinski definition) is 2. The zero-order valence-electron chi connectivity index (χ0n) is 10.0. The Kier molecular flexibility index (Phi) is 1.51. The van der Waals surface area contributed by atoms with Gasteiger partial charge in [0.1, 0.15) is 5.75 Å². The lowest BCUT2D eigenvalue weighted by atomic mass is 10.1. The van der Waals surface area contributed by atoms with E-state index in [1.54, 1.807) is 12.1 Å². The van der Waals surface area contributed by atoms with Gasteiger partial charge in [-0.05, 0) is 26.0 Å². The summed E-state index contributed by atoms with van der Waals surface area (Å²) in [6.45, 7) is 3.20. The van der Waals surface area contributed by atoms with Crippen molar-refractivity contribution in [1.29, 1.82) is 0 Å². The van der Waals surface area contributed by atoms with Gasteiger partial charge in [-0.2, -0.15) is 0 Å². The number of carbonyl (C=O) groups excluding carboxylic acids is 1. The number of Topliss-reactive ketones (excluding diaryl/α,β-unsaturated/α-hetero) is 1. The van der Waals surface area contributed by atoms with Gasteiger partial charge in [-0.15, -0.1) is 0 Å². The minimum atomic E-state index is -2.53. The molecule has 0 N–H and O–H groups in total. The van der Waals surface area contributed by atoms with Crippen LogP contribution in [0.1, 0.15) is 27.0 Å². The van der Waals surface area contributed by atoms with Gasteiger partial charge in [0, 0.05) is 0 Å². The summed E-state index contributed by atoms with van der Waals surface area (Å²) < 4.78 is 25.6. The lowest BCUT2D eigenvalue weighted by Crippen LogP contribution is -1.97. The highest BCUT2D eigenvalue weighted by molar-refractivity contribution is 5.96. The maximum atomic E-state index is 11.2. The molecular weight excluding hydrogens is 152 g/mol. The van der Waals surface area contributed by atoms with E-state index in [-0.39, 0.29) is 11.5 Å². The van der Waals surface area contributed by atoms with Crippen LogP contribution in [-0.4, -0.2) is 12.8 Å². The molecule has 0 spiro atoms. The Labute approximate surface area is 76.4 Å². The van der Waals surface area contributed by atoms with E-state index in [1.165, 1.54) is 13.0 Å². The van der Waals surface area contributed by atoms with Gasteiger partial charge in [0.25, 0.3) is 0 Å². The van der Waals surface area contributed by atoms with Gasteiger partial charge in [0.05, 0.1) is 16.7 Å². The van der Waals surface area contributed by atoms with Gasteiger partial charge in [-0.1, -0.05) is 11.6 Å². The Balaban J connectivity index is 3.12. The van der Waals surface area contributed by atoms with Crippen LogP contribution in [0.4, 0.5) is 0 Å². The number of ketones is 1. The van der Waals surface area contributed by atoms with Gasteiger partial charge in [0.2, 0.25) is 0 Å². The highest BCUT2D eigenvalue weighted by Gasteiger charge is 2.06. The van der Waals surface area contributed by atoms with E-state index in [0.29, 0.717) is 5.56 Å². The Morgan fingerprint density at radius 2 is 2.33 bits per heavy atom. The molecule has 0 aromatic heterocycles. The topological polar surface area (TPSA) is 26.3 Å². The zero-order chi connectivity index (χ0) is 11.6. The first-order valence-corrected chi connectivity index (χ1v) is 3.60. The second-order valence-corrected chi connectivity index (χ2v) is 2.66. The monoisotopic (exact) mass is 167 g/mol. The third-order valence-electron chi connectivity index (χ3n) is 1.62. The van der Waals surface area contributed by atoms with Gasteiger partial charge < -0.3 is 4.74 Å². The number of benzene rings is 1. The predicted molar refractivity (Wildman–Crippen MR) is 47.7 cm³/mol. The second kappa shape index (κ2) is 3.39. The summed E-state index contributed by atoms with van der Waals surface area (Å²) in [7, 11) is -2.53. The molecule has 0 fully saturated rings. The van der Waals surface area contributed by atoms with Crippen LogP contribution >= 0.6 is 0 Å². The summed E-state index contributed by atoms with van der Waals surface area (Å²) in [5, 5.41) is 0. The predicted octanol–water partition coefficient (Wildman–Crippen LogP) is 2.21. The normalized spacial score (nSPS) is 14.3. The molecule has 2 nitrogen and oxygen atoms in total. The molecule has 0 saturated carbocycles. The third kappa shape index (κ3) is 1.64. The lowest BCUT2D eigenvalue weighted by molar-refractivity contribution is 0.101. The van der Waals surface area contributed by atoms with E-state index in [4.69, 9.17) is 8.85 Å². The summed E-state index contributed by atoms with van der Waals surface area (Å²) in [4.78, 5) is 11.2. The van der Waals surface area contributed by atoms with Gasteiger partial charge in [0.15, 0.2) is 5.78 Å². The number of ether oxygens (including phenoxy) is 1. The number of methoxy groups -OCH3 is 1. The Bertz CT molecular complexity index is 383. The van der Waals surface area contributed by atoms with Gasteiger partial charge >= 0.3 is 0 Å². The molecule has 12 heavy (non-hydrogen) atoms. The van der Waals surface area contributed by atoms with E-state index in [0.717, 1.165) is 5.56 Å². The first-order valence-electron chi connectivity index (χ1n) is 5.10. The maximum absolute atomic E-state index is 11.2. The van der Waals surface area contributed by atoms with Crippen molar-refractivity contribution in [3.63, 3.8) is 0 Å². The van der Waals surface area contributed by atoms with Crippen LogP contribution in [0.5, 0.6) is 5.75 Å². The Morgan fingerprint density at radius 3 is 2.92 bits per heavy atom. The van der Waals surface area contributed by atoms with Crippen molar-refractivity contribution < 1.29 is 13.6 Å². The second-order valence-electron chi connectivity index (χ2n) is 2.66. The molecule has 0 atom stereocenters. The third-order valence-corrected chi connectivity index (χ3v) is 1.62. The average Bonchev–Trinajstić information content (AvgIpc) is 2.05. The number of carbonyl (C=O) groups is 1. The summed E-state index contributed by atoms with van der Waals surface area (Å²) >= 11 is 0. The number of rotatable bonds is 2. The largest absolute Gasteiger partial charge is 0.496 e. The van der Waals surface area contributed by atoms with E-state index in [2.05, 4.69) is 0 Å². The van der Waals surface area contributed by atoms with Crippen LogP contribution in [0.3, 0.4) is 0 Å². The molecular formula is C10H12O2. The molecule has 64 valence electrons. The van der Waals surface area contributed by atoms with E-state index in [9.17, 15) is 4.79 Å². The molecule has 0 radical (unpaired) electrons. The molecule has 0 saturated heterocycles. The molecule has 0 aliphatic heterocycles. The fourth-order valence-corrected chi connectivity index (χ4v) is 1.01. The van der Waals surface area contributed by atoms with Crippen molar-refractivity contribution >= 4 is 5.78 Å². The zero-order valence-corrected chi connectivity index (χ0v) is 7.05. The van der Waals surface area contributed by atoms with E-state index >= 15 is 0 Å². The fourth-order valence-electron chi connectivity index (χ4n) is 1.01. The van der Waals surface area contributed by atoms with Gasteiger partial charge in [-0.3, -0.25) is 4.79 Å². The molecule has 0 aliphatic carbocycles. The van der Waals surface area contributed by atoms with Crippen LogP contribution in [0.2, 0.25) is 0 Å². The average molecular weight is 167 g/mol. The molecule has 0 bridgehead atoms. The quantitative estimate of drug-likeness (QED) is 0.631. The minimum absolute atomic E-state index is 0.105. The smallest absolute Gasteiger partial charge is 0.163 e. The van der Waals surface area contributed by atoms with Crippen LogP contribution in [-0.2, 0) is 0 Å². The molecule has 0 unspecified atom stereocenters. The summed E-state index contributed by atoms with van der Waals surface area (Å²) in [5.41, 5.74) is 1.18. The molecule has 0 heterocycles. The van der Waals surface area contributed by atoms with Crippen LogP contribution in [0, 0.1) is 6.92 Å². The highest BCUT2D eigenvalue weighted by atomic mass is 16.5. The number of aryl methyl sites for hydroxylation is 1. The molecule has 1 rings (SSSR count). The van der Waals surface area contributed by atoms with Crippen molar-refractivity contribution in [3.05, 3.63) is 29.3 Å². The molecule has 0 aliphatic rings. The molecule has 0 amide bonds. The summed E-state index contributed by atoms with van der Waals surface area (Å²) in [6, 6.07) is 4.81. The standard InChI is InChI=1S/C10H12O2/c1-7-4-5-10(12-3)9(6-7)8(2)11/h4-6H,1-3H3/i3D3. The fraction of sp³-hybridized carbons (Fsp3) is 0.300. The molecule has 1 aromatic carbocycles. The first-order chi connectivity index (χ1) is 6.79. The van der Waals surface area contributed by atoms with E-state index in [1.807, 2.05) is 6.92 Å². The summed E-state index contributed by atoms with van der Waals surface area (Å²) in [5.74, 6) is -0.106. The van der Waals surface area contributed by atoms with Crippen LogP contribution in [0.25, 0.3) is 0 Å².